The van der Waals surface area contributed by atoms with E-state index in [4.69, 9.17) is 0 Å². The van der Waals surface area contributed by atoms with Gasteiger partial charge in [0.25, 0.3) is 0 Å². The molecular formula is C25H32OSi. The lowest BCUT2D eigenvalue weighted by Gasteiger charge is -2.40. The summed E-state index contributed by atoms with van der Waals surface area (Å²) in [6.07, 6.45) is 9.50. The van der Waals surface area contributed by atoms with Crippen LogP contribution in [0.2, 0.25) is 12.1 Å². The van der Waals surface area contributed by atoms with E-state index in [0.717, 1.165) is 37.5 Å². The molecule has 0 amide bonds. The highest BCUT2D eigenvalue weighted by molar-refractivity contribution is 7.02. The second-order valence-electron chi connectivity index (χ2n) is 8.82. The van der Waals surface area contributed by atoms with Gasteiger partial charge in [0.1, 0.15) is 13.9 Å². The number of hydrogen-bond acceptors (Lipinski definition) is 1. The molecule has 27 heavy (non-hydrogen) atoms. The van der Waals surface area contributed by atoms with Gasteiger partial charge in [0.05, 0.1) is 0 Å². The van der Waals surface area contributed by atoms with E-state index in [1.807, 2.05) is 0 Å². The van der Waals surface area contributed by atoms with Gasteiger partial charge in [-0.25, -0.2) is 0 Å². The first-order valence-electron chi connectivity index (χ1n) is 10.9. The fourth-order valence-corrected chi connectivity index (χ4v) is 10.7. The Bertz CT molecular complexity index is 680. The Kier molecular flexibility index (Phi) is 5.92. The SMILES string of the molecule is O=C1CCC(CCC2CC[Si](c3ccccc3)(c3ccccc3)CC2)CC1. The van der Waals surface area contributed by atoms with Crippen LogP contribution >= 0.6 is 0 Å². The minimum atomic E-state index is -1.60. The van der Waals surface area contributed by atoms with E-state index in [0.29, 0.717) is 5.78 Å². The third-order valence-electron chi connectivity index (χ3n) is 7.26. The van der Waals surface area contributed by atoms with E-state index < -0.39 is 8.07 Å². The number of benzene rings is 2. The van der Waals surface area contributed by atoms with Crippen LogP contribution in [0.3, 0.4) is 0 Å². The van der Waals surface area contributed by atoms with E-state index in [1.165, 1.54) is 37.8 Å². The Morgan fingerprint density at radius 3 is 1.59 bits per heavy atom. The third kappa shape index (κ3) is 4.26. The van der Waals surface area contributed by atoms with Crippen LogP contribution in [-0.2, 0) is 4.79 Å². The molecule has 1 aliphatic carbocycles. The summed E-state index contributed by atoms with van der Waals surface area (Å²) in [7, 11) is -1.60. The Morgan fingerprint density at radius 1 is 0.667 bits per heavy atom. The van der Waals surface area contributed by atoms with Crippen LogP contribution in [0.25, 0.3) is 0 Å². The number of Topliss-reactive ketones (excluding diaryl/α,β-unsaturated/α-hetero) is 1. The molecule has 1 saturated heterocycles. The molecule has 0 atom stereocenters. The molecule has 0 spiro atoms. The maximum Gasteiger partial charge on any atom is 0.132 e. The molecule has 1 saturated carbocycles. The number of carbonyl (C=O) groups excluding carboxylic acids is 1. The monoisotopic (exact) mass is 376 g/mol. The summed E-state index contributed by atoms with van der Waals surface area (Å²) < 4.78 is 0. The Labute approximate surface area is 165 Å². The van der Waals surface area contributed by atoms with Crippen molar-refractivity contribution >= 4 is 24.2 Å². The molecule has 2 aromatic carbocycles. The van der Waals surface area contributed by atoms with Crippen molar-refractivity contribution in [3.63, 3.8) is 0 Å². The molecule has 0 aromatic heterocycles. The highest BCUT2D eigenvalue weighted by atomic mass is 28.3. The quantitative estimate of drug-likeness (QED) is 0.656. The second-order valence-corrected chi connectivity index (χ2v) is 13.1. The molecule has 142 valence electrons. The van der Waals surface area contributed by atoms with Crippen LogP contribution < -0.4 is 10.4 Å². The lowest BCUT2D eigenvalue weighted by Crippen LogP contribution is -2.59. The van der Waals surface area contributed by atoms with Crippen LogP contribution in [-0.4, -0.2) is 13.9 Å². The molecular weight excluding hydrogens is 344 g/mol. The van der Waals surface area contributed by atoms with Crippen molar-refractivity contribution < 1.29 is 4.79 Å². The minimum Gasteiger partial charge on any atom is -0.300 e. The zero-order valence-electron chi connectivity index (χ0n) is 16.4. The largest absolute Gasteiger partial charge is 0.300 e. The second kappa shape index (κ2) is 8.56. The van der Waals surface area contributed by atoms with E-state index in [-0.39, 0.29) is 0 Å². The molecule has 1 heterocycles. The van der Waals surface area contributed by atoms with Gasteiger partial charge >= 0.3 is 0 Å². The summed E-state index contributed by atoms with van der Waals surface area (Å²) in [6, 6.07) is 25.5. The zero-order chi connectivity index (χ0) is 18.5. The molecule has 1 nitrogen and oxygen atoms in total. The van der Waals surface area contributed by atoms with E-state index in [2.05, 4.69) is 60.7 Å². The summed E-state index contributed by atoms with van der Waals surface area (Å²) in [6.45, 7) is 0. The van der Waals surface area contributed by atoms with Crippen LogP contribution in [0.15, 0.2) is 60.7 Å². The highest BCUT2D eigenvalue weighted by Gasteiger charge is 2.40. The number of ketones is 1. The maximum atomic E-state index is 11.5. The Hall–Kier alpha value is -1.67. The van der Waals surface area contributed by atoms with Crippen LogP contribution in [0.5, 0.6) is 0 Å². The van der Waals surface area contributed by atoms with Crippen molar-refractivity contribution in [3.05, 3.63) is 60.7 Å². The number of hydrogen-bond donors (Lipinski definition) is 0. The first-order chi connectivity index (χ1) is 13.3. The van der Waals surface area contributed by atoms with Gasteiger partial charge in [0.2, 0.25) is 0 Å². The van der Waals surface area contributed by atoms with Gasteiger partial charge in [-0.1, -0.05) is 96.7 Å². The molecule has 4 rings (SSSR count). The lowest BCUT2D eigenvalue weighted by molar-refractivity contribution is -0.121. The molecule has 0 bridgehead atoms. The van der Waals surface area contributed by atoms with E-state index >= 15 is 0 Å². The van der Waals surface area contributed by atoms with Crippen LogP contribution in [0.4, 0.5) is 0 Å². The fraction of sp³-hybridized carbons (Fsp3) is 0.480. The van der Waals surface area contributed by atoms with Gasteiger partial charge in [-0.2, -0.15) is 0 Å². The summed E-state index contributed by atoms with van der Waals surface area (Å²) >= 11 is 0. The minimum absolute atomic E-state index is 0.491. The van der Waals surface area contributed by atoms with Crippen LogP contribution in [0.1, 0.15) is 51.4 Å². The topological polar surface area (TPSA) is 17.1 Å². The molecule has 2 aliphatic rings. The van der Waals surface area contributed by atoms with Crippen molar-refractivity contribution in [2.75, 3.05) is 0 Å². The molecule has 0 radical (unpaired) electrons. The average molecular weight is 377 g/mol. The highest BCUT2D eigenvalue weighted by Crippen LogP contribution is 2.37. The lowest BCUT2D eigenvalue weighted by atomic mass is 9.82. The first kappa shape index (κ1) is 18.7. The summed E-state index contributed by atoms with van der Waals surface area (Å²) in [5.41, 5.74) is 0. The van der Waals surface area contributed by atoms with Gasteiger partial charge in [-0.3, -0.25) is 4.79 Å². The van der Waals surface area contributed by atoms with Gasteiger partial charge in [-0.05, 0) is 36.8 Å². The van der Waals surface area contributed by atoms with Gasteiger partial charge in [-0.15, -0.1) is 0 Å². The maximum absolute atomic E-state index is 11.5. The Balaban J connectivity index is 1.42. The average Bonchev–Trinajstić information content (AvgIpc) is 2.75. The third-order valence-corrected chi connectivity index (χ3v) is 12.4. The van der Waals surface area contributed by atoms with Crippen molar-refractivity contribution in [1.29, 1.82) is 0 Å². The molecule has 2 aromatic rings. The predicted molar refractivity (Wildman–Crippen MR) is 116 cm³/mol. The van der Waals surface area contributed by atoms with Crippen molar-refractivity contribution in [1.82, 2.24) is 0 Å². The normalized spacial score (nSPS) is 21.3. The van der Waals surface area contributed by atoms with Crippen LogP contribution in [0, 0.1) is 11.8 Å². The van der Waals surface area contributed by atoms with Crippen molar-refractivity contribution in [3.8, 4) is 0 Å². The fourth-order valence-electron chi connectivity index (χ4n) is 5.48. The molecule has 0 unspecified atom stereocenters. The summed E-state index contributed by atoms with van der Waals surface area (Å²) in [4.78, 5) is 11.5. The van der Waals surface area contributed by atoms with Gasteiger partial charge in [0, 0.05) is 12.8 Å². The zero-order valence-corrected chi connectivity index (χ0v) is 17.4. The smallest absolute Gasteiger partial charge is 0.132 e. The molecule has 2 fully saturated rings. The molecule has 1 aliphatic heterocycles. The standard InChI is InChI=1S/C25H32OSi/c26-23-15-13-21(14-16-23)11-12-22-17-19-27(20-18-22,24-7-3-1-4-8-24)25-9-5-2-6-10-25/h1-10,21-22H,11-20H2. The predicted octanol–water partition coefficient (Wildman–Crippen LogP) is 5.20. The van der Waals surface area contributed by atoms with Gasteiger partial charge < -0.3 is 0 Å². The van der Waals surface area contributed by atoms with Crippen molar-refractivity contribution in [2.45, 2.75) is 63.5 Å². The summed E-state index contributed by atoms with van der Waals surface area (Å²) in [5, 5.41) is 3.25. The Morgan fingerprint density at radius 2 is 1.11 bits per heavy atom. The molecule has 2 heteroatoms. The first-order valence-corrected chi connectivity index (χ1v) is 13.3. The van der Waals surface area contributed by atoms with E-state index in [9.17, 15) is 4.79 Å². The molecule has 0 N–H and O–H groups in total. The summed E-state index contributed by atoms with van der Waals surface area (Å²) in [5.74, 6) is 2.20. The van der Waals surface area contributed by atoms with Gasteiger partial charge in [0.15, 0.2) is 0 Å². The van der Waals surface area contributed by atoms with Crippen molar-refractivity contribution in [2.24, 2.45) is 11.8 Å². The van der Waals surface area contributed by atoms with E-state index in [1.54, 1.807) is 10.4 Å². The number of rotatable bonds is 5. The number of carbonyl (C=O) groups is 1.